The van der Waals surface area contributed by atoms with E-state index in [0.717, 1.165) is 29.9 Å². The summed E-state index contributed by atoms with van der Waals surface area (Å²) in [6, 6.07) is 14.2. The van der Waals surface area contributed by atoms with Crippen molar-refractivity contribution in [3.05, 3.63) is 82.1 Å². The van der Waals surface area contributed by atoms with E-state index in [4.69, 9.17) is 16.3 Å². The normalized spacial score (nSPS) is 17.2. The number of amides is 1. The van der Waals surface area contributed by atoms with Gasteiger partial charge in [-0.25, -0.2) is 4.68 Å². The van der Waals surface area contributed by atoms with Gasteiger partial charge in [-0.15, -0.1) is 0 Å². The number of rotatable bonds is 5. The first kappa shape index (κ1) is 21.3. The molecule has 0 saturated heterocycles. The van der Waals surface area contributed by atoms with Crippen LogP contribution < -0.4 is 15.4 Å². The van der Waals surface area contributed by atoms with Crippen LogP contribution in [0, 0.1) is 0 Å². The Bertz CT molecular complexity index is 1250. The minimum absolute atomic E-state index is 0.102. The van der Waals surface area contributed by atoms with Crippen LogP contribution in [0.3, 0.4) is 0 Å². The number of hydrogen-bond donors (Lipinski definition) is 2. The molecule has 2 aliphatic rings. The van der Waals surface area contributed by atoms with Gasteiger partial charge < -0.3 is 15.4 Å². The van der Waals surface area contributed by atoms with Crippen molar-refractivity contribution in [1.82, 2.24) is 9.78 Å². The predicted molar refractivity (Wildman–Crippen MR) is 127 cm³/mol. The van der Waals surface area contributed by atoms with Crippen LogP contribution in [0.4, 0.5) is 11.5 Å². The fraction of sp³-hybridized carbons (Fsp3) is 0.240. The number of benzene rings is 2. The lowest BCUT2D eigenvalue weighted by molar-refractivity contribution is -0.116. The highest BCUT2D eigenvalue weighted by molar-refractivity contribution is 6.30. The summed E-state index contributed by atoms with van der Waals surface area (Å²) in [6.45, 7) is 2.50. The van der Waals surface area contributed by atoms with Gasteiger partial charge >= 0.3 is 0 Å². The number of ether oxygens (including phenoxy) is 1. The zero-order chi connectivity index (χ0) is 22.9. The minimum Gasteiger partial charge on any atom is -0.494 e. The third kappa shape index (κ3) is 4.00. The fourth-order valence-electron chi connectivity index (χ4n) is 4.38. The number of anilines is 2. The average molecular weight is 463 g/mol. The van der Waals surface area contributed by atoms with E-state index in [1.807, 2.05) is 31.2 Å². The molecule has 1 unspecified atom stereocenters. The maximum absolute atomic E-state index is 13.1. The van der Waals surface area contributed by atoms with E-state index >= 15 is 0 Å². The SMILES string of the molecule is CCOc1ccc(NC(=O)c2cnn3c2NC2=C(C(=O)CCC2)C3c2ccc(Cl)cc2)cc1. The van der Waals surface area contributed by atoms with Crippen LogP contribution >= 0.6 is 11.6 Å². The van der Waals surface area contributed by atoms with Gasteiger partial charge in [0.1, 0.15) is 23.2 Å². The van der Waals surface area contributed by atoms with Crippen LogP contribution in [0.1, 0.15) is 48.1 Å². The molecule has 0 spiro atoms. The number of nitrogens with zero attached hydrogens (tertiary/aromatic N) is 2. The van der Waals surface area contributed by atoms with Crippen LogP contribution in [-0.2, 0) is 4.79 Å². The summed E-state index contributed by atoms with van der Waals surface area (Å²) in [5, 5.41) is 11.4. The Kier molecular flexibility index (Phi) is 5.64. The maximum Gasteiger partial charge on any atom is 0.261 e. The quantitative estimate of drug-likeness (QED) is 0.543. The summed E-state index contributed by atoms with van der Waals surface area (Å²) >= 11 is 6.09. The molecule has 7 nitrogen and oxygen atoms in total. The van der Waals surface area contributed by atoms with Gasteiger partial charge in [-0.2, -0.15) is 5.10 Å². The fourth-order valence-corrected chi connectivity index (χ4v) is 4.50. The van der Waals surface area contributed by atoms with Crippen molar-refractivity contribution in [3.8, 4) is 5.75 Å². The molecule has 0 bridgehead atoms. The van der Waals surface area contributed by atoms with E-state index in [1.165, 1.54) is 6.20 Å². The van der Waals surface area contributed by atoms with E-state index in [9.17, 15) is 9.59 Å². The van der Waals surface area contributed by atoms with Crippen LogP contribution in [-0.4, -0.2) is 28.1 Å². The largest absolute Gasteiger partial charge is 0.494 e. The third-order valence-corrected chi connectivity index (χ3v) is 6.14. The number of ketones is 1. The lowest BCUT2D eigenvalue weighted by Crippen LogP contribution is -2.32. The van der Waals surface area contributed by atoms with Crippen molar-refractivity contribution >= 4 is 34.8 Å². The summed E-state index contributed by atoms with van der Waals surface area (Å²) in [7, 11) is 0. The predicted octanol–water partition coefficient (Wildman–Crippen LogP) is 5.21. The second-order valence-electron chi connectivity index (χ2n) is 8.01. The molecule has 1 aliphatic carbocycles. The third-order valence-electron chi connectivity index (χ3n) is 5.89. The smallest absolute Gasteiger partial charge is 0.261 e. The van der Waals surface area contributed by atoms with Gasteiger partial charge in [0.25, 0.3) is 5.91 Å². The number of carbonyl (C=O) groups is 2. The molecule has 1 aliphatic heterocycles. The van der Waals surface area contributed by atoms with E-state index in [0.29, 0.717) is 40.7 Å². The van der Waals surface area contributed by atoms with Gasteiger partial charge in [0.2, 0.25) is 0 Å². The molecule has 2 aromatic carbocycles. The summed E-state index contributed by atoms with van der Waals surface area (Å²) in [5.41, 5.74) is 3.52. The van der Waals surface area contributed by atoms with Crippen molar-refractivity contribution in [2.75, 3.05) is 17.2 Å². The Hall–Kier alpha value is -3.58. The molecule has 0 saturated carbocycles. The number of carbonyl (C=O) groups excluding carboxylic acids is 2. The van der Waals surface area contributed by atoms with Gasteiger partial charge in [-0.1, -0.05) is 23.7 Å². The van der Waals surface area contributed by atoms with E-state index in [2.05, 4.69) is 15.7 Å². The van der Waals surface area contributed by atoms with Crippen molar-refractivity contribution in [2.24, 2.45) is 0 Å². The van der Waals surface area contributed by atoms with Crippen molar-refractivity contribution in [3.63, 3.8) is 0 Å². The zero-order valence-electron chi connectivity index (χ0n) is 18.1. The summed E-state index contributed by atoms with van der Waals surface area (Å²) in [4.78, 5) is 26.0. The van der Waals surface area contributed by atoms with Gasteiger partial charge in [0.15, 0.2) is 5.78 Å². The van der Waals surface area contributed by atoms with Gasteiger partial charge in [-0.05, 0) is 61.7 Å². The van der Waals surface area contributed by atoms with Crippen molar-refractivity contribution in [1.29, 1.82) is 0 Å². The molecule has 0 fully saturated rings. The Labute approximate surface area is 196 Å². The highest BCUT2D eigenvalue weighted by atomic mass is 35.5. The topological polar surface area (TPSA) is 85.2 Å². The molecule has 2 N–H and O–H groups in total. The summed E-state index contributed by atoms with van der Waals surface area (Å²) in [5.74, 6) is 1.14. The summed E-state index contributed by atoms with van der Waals surface area (Å²) < 4.78 is 7.18. The lowest BCUT2D eigenvalue weighted by atomic mass is 9.85. The first-order chi connectivity index (χ1) is 16.0. The number of halogens is 1. The molecule has 33 heavy (non-hydrogen) atoms. The van der Waals surface area contributed by atoms with Crippen molar-refractivity contribution < 1.29 is 14.3 Å². The maximum atomic E-state index is 13.1. The monoisotopic (exact) mass is 462 g/mol. The van der Waals surface area contributed by atoms with E-state index < -0.39 is 6.04 Å². The van der Waals surface area contributed by atoms with Crippen LogP contribution in [0.25, 0.3) is 0 Å². The molecular formula is C25H23ClN4O3. The molecule has 1 amide bonds. The van der Waals surface area contributed by atoms with Crippen LogP contribution in [0.5, 0.6) is 5.75 Å². The standard InChI is InChI=1S/C25H23ClN4O3/c1-2-33-18-12-10-17(11-13-18)28-25(32)19-14-27-30-23(15-6-8-16(26)9-7-15)22-20(29-24(19)30)4-3-5-21(22)31/h6-14,23,29H,2-5H2,1H3,(H,28,32). The Morgan fingerprint density at radius 1 is 1.18 bits per heavy atom. The van der Waals surface area contributed by atoms with Crippen LogP contribution in [0.15, 0.2) is 66.0 Å². The number of hydrogen-bond acceptors (Lipinski definition) is 5. The molecule has 1 atom stereocenters. The van der Waals surface area contributed by atoms with Crippen molar-refractivity contribution in [2.45, 2.75) is 32.2 Å². The first-order valence-corrected chi connectivity index (χ1v) is 11.3. The molecular weight excluding hydrogens is 440 g/mol. The highest BCUT2D eigenvalue weighted by Gasteiger charge is 2.37. The Balaban J connectivity index is 1.50. The molecule has 5 rings (SSSR count). The average Bonchev–Trinajstić information content (AvgIpc) is 3.24. The molecule has 1 aromatic heterocycles. The molecule has 0 radical (unpaired) electrons. The molecule has 8 heteroatoms. The number of allylic oxidation sites excluding steroid dienone is 2. The molecule has 168 valence electrons. The van der Waals surface area contributed by atoms with Gasteiger partial charge in [-0.3, -0.25) is 9.59 Å². The minimum atomic E-state index is -0.409. The number of Topliss-reactive ketones (excluding diaryl/α,β-unsaturated/α-hetero) is 1. The van der Waals surface area contributed by atoms with E-state index in [1.54, 1.807) is 28.9 Å². The number of aromatic nitrogens is 2. The Morgan fingerprint density at radius 3 is 2.67 bits per heavy atom. The zero-order valence-corrected chi connectivity index (χ0v) is 18.9. The van der Waals surface area contributed by atoms with Crippen LogP contribution in [0.2, 0.25) is 5.02 Å². The number of fused-ring (bicyclic) bond motifs is 1. The van der Waals surface area contributed by atoms with Gasteiger partial charge in [0.05, 0.1) is 12.8 Å². The molecule has 2 heterocycles. The van der Waals surface area contributed by atoms with Gasteiger partial charge in [0, 0.05) is 28.4 Å². The molecule has 3 aromatic rings. The van der Waals surface area contributed by atoms with E-state index in [-0.39, 0.29) is 11.7 Å². The second kappa shape index (κ2) is 8.75. The number of nitrogens with one attached hydrogen (secondary N) is 2. The summed E-state index contributed by atoms with van der Waals surface area (Å²) in [6.07, 6.45) is 3.57. The lowest BCUT2D eigenvalue weighted by Gasteiger charge is -2.33. The first-order valence-electron chi connectivity index (χ1n) is 11.0. The highest BCUT2D eigenvalue weighted by Crippen LogP contribution is 2.41. The second-order valence-corrected chi connectivity index (χ2v) is 8.45. The Morgan fingerprint density at radius 2 is 1.94 bits per heavy atom.